The molecule has 0 spiro atoms. The van der Waals surface area contributed by atoms with E-state index < -0.39 is 24.3 Å². The highest BCUT2D eigenvalue weighted by Crippen LogP contribution is 2.21. The van der Waals surface area contributed by atoms with Gasteiger partial charge in [-0.1, -0.05) is 24.3 Å². The lowest BCUT2D eigenvalue weighted by molar-refractivity contribution is -0.119. The number of halogens is 1. The number of nitrogens with zero attached hydrogens (tertiary/aromatic N) is 1. The Labute approximate surface area is 148 Å². The van der Waals surface area contributed by atoms with Gasteiger partial charge in [0.15, 0.2) is 12.3 Å². The van der Waals surface area contributed by atoms with Crippen LogP contribution in [0.15, 0.2) is 59.0 Å². The molecule has 3 rings (SSSR count). The summed E-state index contributed by atoms with van der Waals surface area (Å²) in [6, 6.07) is 14.5. The number of benzene rings is 2. The Hall–Kier alpha value is -3.48. The molecular weight excluding hydrogens is 339 g/mol. The van der Waals surface area contributed by atoms with Crippen molar-refractivity contribution in [3.63, 3.8) is 0 Å². The average molecular weight is 354 g/mol. The molecule has 0 saturated carbocycles. The van der Waals surface area contributed by atoms with E-state index in [9.17, 15) is 14.0 Å². The topological polar surface area (TPSA) is 81.4 Å². The third-order valence-corrected chi connectivity index (χ3v) is 3.45. The lowest BCUT2D eigenvalue weighted by Gasteiger charge is -2.05. The van der Waals surface area contributed by atoms with Crippen LogP contribution >= 0.6 is 0 Å². The Morgan fingerprint density at radius 2 is 1.92 bits per heavy atom. The number of rotatable bonds is 5. The van der Waals surface area contributed by atoms with E-state index in [4.69, 9.17) is 9.15 Å². The van der Waals surface area contributed by atoms with E-state index in [2.05, 4.69) is 10.3 Å². The number of carbonyl (C=O) groups is 2. The van der Waals surface area contributed by atoms with Crippen LogP contribution < -0.4 is 5.32 Å². The van der Waals surface area contributed by atoms with Gasteiger partial charge in [-0.2, -0.15) is 0 Å². The summed E-state index contributed by atoms with van der Waals surface area (Å²) in [5, 5.41) is 2.44. The van der Waals surface area contributed by atoms with Gasteiger partial charge in [-0.25, -0.2) is 14.2 Å². The van der Waals surface area contributed by atoms with Crippen molar-refractivity contribution in [2.24, 2.45) is 0 Å². The fourth-order valence-electron chi connectivity index (χ4n) is 2.25. The number of oxazole rings is 1. The van der Waals surface area contributed by atoms with Crippen molar-refractivity contribution in [1.29, 1.82) is 0 Å². The molecule has 0 unspecified atom stereocenters. The third-order valence-electron chi connectivity index (χ3n) is 3.45. The largest absolute Gasteiger partial charge is 0.451 e. The molecule has 0 saturated heterocycles. The summed E-state index contributed by atoms with van der Waals surface area (Å²) < 4.78 is 23.5. The summed E-state index contributed by atoms with van der Waals surface area (Å²) in [5.74, 6) is -1.26. The van der Waals surface area contributed by atoms with Crippen molar-refractivity contribution in [3.05, 3.63) is 71.9 Å². The van der Waals surface area contributed by atoms with Crippen LogP contribution in [0.3, 0.4) is 0 Å². The molecule has 132 valence electrons. The molecule has 0 fully saturated rings. The molecule has 0 atom stereocenters. The molecule has 6 nitrogen and oxygen atoms in total. The summed E-state index contributed by atoms with van der Waals surface area (Å²) >= 11 is 0. The average Bonchev–Trinajstić information content (AvgIpc) is 3.02. The van der Waals surface area contributed by atoms with Crippen molar-refractivity contribution < 1.29 is 23.1 Å². The first kappa shape index (κ1) is 17.3. The van der Waals surface area contributed by atoms with Gasteiger partial charge in [0.05, 0.1) is 0 Å². The van der Waals surface area contributed by atoms with Crippen LogP contribution in [0.2, 0.25) is 0 Å². The fraction of sp³-hybridized carbons (Fsp3) is 0.105. The Bertz CT molecular complexity index is 938. The smallest absolute Gasteiger partial charge is 0.361 e. The monoisotopic (exact) mass is 354 g/mol. The van der Waals surface area contributed by atoms with Gasteiger partial charge in [0.25, 0.3) is 5.91 Å². The zero-order valence-corrected chi connectivity index (χ0v) is 13.9. The van der Waals surface area contributed by atoms with Gasteiger partial charge in [-0.15, -0.1) is 0 Å². The fourth-order valence-corrected chi connectivity index (χ4v) is 2.25. The third kappa shape index (κ3) is 4.13. The molecule has 0 aliphatic rings. The van der Waals surface area contributed by atoms with Gasteiger partial charge in [0.1, 0.15) is 11.6 Å². The van der Waals surface area contributed by atoms with E-state index in [1.165, 1.54) is 18.2 Å². The number of nitrogens with one attached hydrogen (secondary N) is 1. The van der Waals surface area contributed by atoms with Gasteiger partial charge in [0, 0.05) is 11.3 Å². The highest BCUT2D eigenvalue weighted by Gasteiger charge is 2.20. The molecule has 0 radical (unpaired) electrons. The van der Waals surface area contributed by atoms with Gasteiger partial charge in [-0.3, -0.25) is 4.79 Å². The van der Waals surface area contributed by atoms with Crippen LogP contribution in [0.25, 0.3) is 11.5 Å². The quantitative estimate of drug-likeness (QED) is 0.708. The Morgan fingerprint density at radius 3 is 2.65 bits per heavy atom. The Balaban J connectivity index is 1.61. The molecule has 7 heteroatoms. The summed E-state index contributed by atoms with van der Waals surface area (Å²) in [5.41, 5.74) is 0.996. The van der Waals surface area contributed by atoms with Crippen LogP contribution in [0.4, 0.5) is 10.1 Å². The summed E-state index contributed by atoms with van der Waals surface area (Å²) in [6.45, 7) is 1.06. The first-order chi connectivity index (χ1) is 12.5. The number of aryl methyl sites for hydroxylation is 1. The molecule has 0 bridgehead atoms. The van der Waals surface area contributed by atoms with Crippen LogP contribution in [0.1, 0.15) is 16.2 Å². The number of aromatic nitrogens is 1. The second kappa shape index (κ2) is 7.60. The number of carbonyl (C=O) groups excluding carboxylic acids is 2. The maximum absolute atomic E-state index is 13.1. The molecule has 0 aliphatic carbocycles. The number of ether oxygens (including phenoxy) is 1. The van der Waals surface area contributed by atoms with Crippen molar-refractivity contribution in [2.75, 3.05) is 11.9 Å². The first-order valence-corrected chi connectivity index (χ1v) is 7.78. The van der Waals surface area contributed by atoms with Crippen LogP contribution in [0, 0.1) is 12.7 Å². The molecule has 1 aromatic heterocycles. The predicted octanol–water partition coefficient (Wildman–Crippen LogP) is 3.58. The number of anilines is 1. The van der Waals surface area contributed by atoms with E-state index >= 15 is 0 Å². The lowest BCUT2D eigenvalue weighted by atomic mass is 10.2. The molecule has 3 aromatic rings. The number of hydrogen-bond donors (Lipinski definition) is 1. The SMILES string of the molecule is Cc1oc(-c2ccccc2)nc1C(=O)OCC(=O)Nc1cccc(F)c1. The van der Waals surface area contributed by atoms with Crippen molar-refractivity contribution in [3.8, 4) is 11.5 Å². The highest BCUT2D eigenvalue weighted by molar-refractivity contribution is 5.95. The molecule has 0 aliphatic heterocycles. The second-order valence-electron chi connectivity index (χ2n) is 5.42. The zero-order valence-electron chi connectivity index (χ0n) is 13.9. The molecule has 26 heavy (non-hydrogen) atoms. The van der Waals surface area contributed by atoms with Gasteiger partial charge in [-0.05, 0) is 37.3 Å². The predicted molar refractivity (Wildman–Crippen MR) is 92.0 cm³/mol. The number of amides is 1. The minimum atomic E-state index is -0.775. The standard InChI is InChI=1S/C19H15FN2O4/c1-12-17(22-18(26-12)13-6-3-2-4-7-13)19(24)25-11-16(23)21-15-9-5-8-14(20)10-15/h2-10H,11H2,1H3,(H,21,23). The molecule has 2 aromatic carbocycles. The van der Waals surface area contributed by atoms with E-state index in [0.717, 1.165) is 11.6 Å². The number of hydrogen-bond acceptors (Lipinski definition) is 5. The number of esters is 1. The van der Waals surface area contributed by atoms with E-state index in [1.807, 2.05) is 18.2 Å². The van der Waals surface area contributed by atoms with Gasteiger partial charge < -0.3 is 14.5 Å². The van der Waals surface area contributed by atoms with Gasteiger partial charge in [0.2, 0.25) is 5.89 Å². The van der Waals surface area contributed by atoms with Crippen LogP contribution in [-0.2, 0) is 9.53 Å². The van der Waals surface area contributed by atoms with Crippen molar-refractivity contribution >= 4 is 17.6 Å². The zero-order chi connectivity index (χ0) is 18.5. The normalized spacial score (nSPS) is 10.4. The van der Waals surface area contributed by atoms with Crippen LogP contribution in [-0.4, -0.2) is 23.5 Å². The minimum Gasteiger partial charge on any atom is -0.451 e. The molecule has 1 N–H and O–H groups in total. The second-order valence-corrected chi connectivity index (χ2v) is 5.42. The van der Waals surface area contributed by atoms with Crippen LogP contribution in [0.5, 0.6) is 0 Å². The first-order valence-electron chi connectivity index (χ1n) is 7.78. The van der Waals surface area contributed by atoms with Crippen molar-refractivity contribution in [2.45, 2.75) is 6.92 Å². The maximum Gasteiger partial charge on any atom is 0.361 e. The van der Waals surface area contributed by atoms with Gasteiger partial charge >= 0.3 is 5.97 Å². The summed E-state index contributed by atoms with van der Waals surface area (Å²) in [4.78, 5) is 28.1. The van der Waals surface area contributed by atoms with E-state index in [1.54, 1.807) is 19.1 Å². The minimum absolute atomic E-state index is 0.00223. The highest BCUT2D eigenvalue weighted by atomic mass is 19.1. The summed E-state index contributed by atoms with van der Waals surface area (Å²) in [7, 11) is 0. The Kier molecular flexibility index (Phi) is 5.07. The molecule has 1 amide bonds. The lowest BCUT2D eigenvalue weighted by Crippen LogP contribution is -2.21. The maximum atomic E-state index is 13.1. The molecular formula is C19H15FN2O4. The molecule has 1 heterocycles. The van der Waals surface area contributed by atoms with E-state index in [-0.39, 0.29) is 11.4 Å². The Morgan fingerprint density at radius 1 is 1.15 bits per heavy atom. The van der Waals surface area contributed by atoms with Crippen molar-refractivity contribution in [1.82, 2.24) is 4.98 Å². The summed E-state index contributed by atoms with van der Waals surface area (Å²) in [6.07, 6.45) is 0. The van der Waals surface area contributed by atoms with E-state index in [0.29, 0.717) is 11.7 Å².